The molecule has 2 rings (SSSR count). The largest absolute Gasteiger partial charge is 0.396 e. The van der Waals surface area contributed by atoms with Crippen LogP contribution in [-0.2, 0) is 12.8 Å². The first-order valence-corrected chi connectivity index (χ1v) is 6.65. The van der Waals surface area contributed by atoms with Crippen molar-refractivity contribution >= 4 is 11.6 Å². The molecular formula is C16H16ClFO. The van der Waals surface area contributed by atoms with Crippen LogP contribution in [0.25, 0.3) is 0 Å². The quantitative estimate of drug-likeness (QED) is 0.880. The van der Waals surface area contributed by atoms with Crippen LogP contribution in [0.1, 0.15) is 11.1 Å². The molecule has 0 aromatic heterocycles. The van der Waals surface area contributed by atoms with E-state index in [-0.39, 0.29) is 18.3 Å². The zero-order valence-corrected chi connectivity index (χ0v) is 11.3. The molecule has 19 heavy (non-hydrogen) atoms. The molecule has 0 spiro atoms. The lowest BCUT2D eigenvalue weighted by Crippen LogP contribution is -2.13. The predicted molar refractivity (Wildman–Crippen MR) is 75.8 cm³/mol. The third-order valence-corrected chi connectivity index (χ3v) is 3.41. The summed E-state index contributed by atoms with van der Waals surface area (Å²) in [6.07, 6.45) is 1.24. The highest BCUT2D eigenvalue weighted by Crippen LogP contribution is 2.18. The molecule has 1 atom stereocenters. The minimum Gasteiger partial charge on any atom is -0.396 e. The minimum atomic E-state index is -0.211. The molecule has 0 fully saturated rings. The lowest BCUT2D eigenvalue weighted by molar-refractivity contribution is 0.224. The highest BCUT2D eigenvalue weighted by Gasteiger charge is 2.12. The molecule has 0 amide bonds. The Bertz CT molecular complexity index is 525. The molecule has 3 heteroatoms. The molecule has 2 aromatic rings. The first-order valence-electron chi connectivity index (χ1n) is 6.27. The number of benzene rings is 2. The maximum Gasteiger partial charge on any atom is 0.126 e. The lowest BCUT2D eigenvalue weighted by Gasteiger charge is -2.15. The van der Waals surface area contributed by atoms with Gasteiger partial charge >= 0.3 is 0 Å². The van der Waals surface area contributed by atoms with Gasteiger partial charge in [-0.25, -0.2) is 4.39 Å². The van der Waals surface area contributed by atoms with E-state index in [1.807, 2.05) is 30.3 Å². The standard InChI is InChI=1S/C16H16ClFO/c17-15-7-5-12(6-8-15)9-13(11-19)10-14-3-1-2-4-16(14)18/h1-8,13,19H,9-11H2. The summed E-state index contributed by atoms with van der Waals surface area (Å²) in [7, 11) is 0. The predicted octanol–water partition coefficient (Wildman–Crippen LogP) is 3.87. The van der Waals surface area contributed by atoms with Gasteiger partial charge in [0.15, 0.2) is 0 Å². The van der Waals surface area contributed by atoms with E-state index in [4.69, 9.17) is 11.6 Å². The summed E-state index contributed by atoms with van der Waals surface area (Å²) in [6.45, 7) is 0.0387. The van der Waals surface area contributed by atoms with Crippen molar-refractivity contribution in [2.24, 2.45) is 5.92 Å². The lowest BCUT2D eigenvalue weighted by atomic mass is 9.93. The van der Waals surface area contributed by atoms with Crippen molar-refractivity contribution in [3.63, 3.8) is 0 Å². The smallest absolute Gasteiger partial charge is 0.126 e. The number of hydrogen-bond acceptors (Lipinski definition) is 1. The summed E-state index contributed by atoms with van der Waals surface area (Å²) >= 11 is 5.83. The summed E-state index contributed by atoms with van der Waals surface area (Å²) < 4.78 is 13.6. The van der Waals surface area contributed by atoms with Crippen molar-refractivity contribution in [1.29, 1.82) is 0 Å². The number of aliphatic hydroxyl groups is 1. The molecule has 0 radical (unpaired) electrons. The topological polar surface area (TPSA) is 20.2 Å². The molecule has 1 nitrogen and oxygen atoms in total. The van der Waals surface area contributed by atoms with Crippen molar-refractivity contribution in [2.45, 2.75) is 12.8 Å². The van der Waals surface area contributed by atoms with Gasteiger partial charge in [-0.15, -0.1) is 0 Å². The summed E-state index contributed by atoms with van der Waals surface area (Å²) in [4.78, 5) is 0. The van der Waals surface area contributed by atoms with Crippen LogP contribution in [0.3, 0.4) is 0 Å². The van der Waals surface area contributed by atoms with E-state index < -0.39 is 0 Å². The van der Waals surface area contributed by atoms with Crippen LogP contribution in [-0.4, -0.2) is 11.7 Å². The fourth-order valence-corrected chi connectivity index (χ4v) is 2.26. The Morgan fingerprint density at radius 3 is 2.32 bits per heavy atom. The fourth-order valence-electron chi connectivity index (χ4n) is 2.13. The molecule has 1 unspecified atom stereocenters. The van der Waals surface area contributed by atoms with E-state index in [1.165, 1.54) is 6.07 Å². The first kappa shape index (κ1) is 14.0. The normalized spacial score (nSPS) is 12.4. The monoisotopic (exact) mass is 278 g/mol. The Morgan fingerprint density at radius 2 is 1.68 bits per heavy atom. The van der Waals surface area contributed by atoms with E-state index in [9.17, 15) is 9.50 Å². The van der Waals surface area contributed by atoms with Gasteiger partial charge in [0, 0.05) is 11.6 Å². The van der Waals surface area contributed by atoms with E-state index >= 15 is 0 Å². The molecule has 2 aromatic carbocycles. The summed E-state index contributed by atoms with van der Waals surface area (Å²) in [5.41, 5.74) is 1.75. The van der Waals surface area contributed by atoms with Gasteiger partial charge in [-0.2, -0.15) is 0 Å². The van der Waals surface area contributed by atoms with Gasteiger partial charge in [0.05, 0.1) is 0 Å². The van der Waals surface area contributed by atoms with Crippen molar-refractivity contribution in [3.8, 4) is 0 Å². The van der Waals surface area contributed by atoms with Crippen LogP contribution in [0, 0.1) is 11.7 Å². The fraction of sp³-hybridized carbons (Fsp3) is 0.250. The van der Waals surface area contributed by atoms with Crippen molar-refractivity contribution in [2.75, 3.05) is 6.61 Å². The Balaban J connectivity index is 2.05. The van der Waals surface area contributed by atoms with E-state index in [0.717, 1.165) is 5.56 Å². The Morgan fingerprint density at radius 1 is 1.00 bits per heavy atom. The van der Waals surface area contributed by atoms with E-state index in [2.05, 4.69) is 0 Å². The van der Waals surface area contributed by atoms with Gasteiger partial charge in [-0.05, 0) is 48.1 Å². The zero-order valence-electron chi connectivity index (χ0n) is 10.5. The second kappa shape index (κ2) is 6.69. The second-order valence-corrected chi connectivity index (χ2v) is 5.11. The highest BCUT2D eigenvalue weighted by molar-refractivity contribution is 6.30. The van der Waals surface area contributed by atoms with Crippen LogP contribution >= 0.6 is 11.6 Å². The minimum absolute atomic E-state index is 0.0121. The average Bonchev–Trinajstić information content (AvgIpc) is 2.43. The van der Waals surface area contributed by atoms with Crippen LogP contribution in [0.4, 0.5) is 4.39 Å². The Kier molecular flexibility index (Phi) is 4.94. The first-order chi connectivity index (χ1) is 9.19. The molecule has 0 aliphatic rings. The molecule has 100 valence electrons. The SMILES string of the molecule is OCC(Cc1ccc(Cl)cc1)Cc1ccccc1F. The van der Waals surface area contributed by atoms with Crippen LogP contribution in [0.15, 0.2) is 48.5 Å². The van der Waals surface area contributed by atoms with E-state index in [1.54, 1.807) is 12.1 Å². The van der Waals surface area contributed by atoms with Gasteiger partial charge in [0.1, 0.15) is 5.82 Å². The van der Waals surface area contributed by atoms with Crippen molar-refractivity contribution in [1.82, 2.24) is 0 Å². The Labute approximate surface area is 117 Å². The number of rotatable bonds is 5. The third kappa shape index (κ3) is 4.05. The van der Waals surface area contributed by atoms with Gasteiger partial charge in [-0.1, -0.05) is 41.9 Å². The molecule has 0 heterocycles. The second-order valence-electron chi connectivity index (χ2n) is 4.67. The van der Waals surface area contributed by atoms with Crippen molar-refractivity contribution < 1.29 is 9.50 Å². The average molecular weight is 279 g/mol. The van der Waals surface area contributed by atoms with Gasteiger partial charge in [0.2, 0.25) is 0 Å². The molecule has 0 bridgehead atoms. The molecule has 0 saturated carbocycles. The molecule has 1 N–H and O–H groups in total. The van der Waals surface area contributed by atoms with Gasteiger partial charge in [-0.3, -0.25) is 0 Å². The van der Waals surface area contributed by atoms with Crippen molar-refractivity contribution in [3.05, 3.63) is 70.5 Å². The molecule has 0 aliphatic carbocycles. The molecule has 0 saturated heterocycles. The van der Waals surface area contributed by atoms with Gasteiger partial charge in [0.25, 0.3) is 0 Å². The zero-order chi connectivity index (χ0) is 13.7. The molecule has 0 aliphatic heterocycles. The summed E-state index contributed by atoms with van der Waals surface area (Å²) in [5.74, 6) is -0.199. The maximum atomic E-state index is 13.6. The number of aliphatic hydroxyl groups excluding tert-OH is 1. The van der Waals surface area contributed by atoms with Crippen LogP contribution in [0.2, 0.25) is 5.02 Å². The highest BCUT2D eigenvalue weighted by atomic mass is 35.5. The Hall–Kier alpha value is -1.38. The summed E-state index contributed by atoms with van der Waals surface area (Å²) in [5, 5.41) is 10.1. The van der Waals surface area contributed by atoms with Crippen LogP contribution < -0.4 is 0 Å². The molecular weight excluding hydrogens is 263 g/mol. The maximum absolute atomic E-state index is 13.6. The summed E-state index contributed by atoms with van der Waals surface area (Å²) in [6, 6.07) is 14.2. The van der Waals surface area contributed by atoms with E-state index in [0.29, 0.717) is 23.4 Å². The number of halogens is 2. The van der Waals surface area contributed by atoms with Crippen LogP contribution in [0.5, 0.6) is 0 Å². The number of hydrogen-bond donors (Lipinski definition) is 1. The van der Waals surface area contributed by atoms with Gasteiger partial charge < -0.3 is 5.11 Å². The third-order valence-electron chi connectivity index (χ3n) is 3.16.